The monoisotopic (exact) mass is 879 g/mol. The van der Waals surface area contributed by atoms with Crippen LogP contribution in [0.3, 0.4) is 0 Å². The van der Waals surface area contributed by atoms with Gasteiger partial charge in [0.15, 0.2) is 6.10 Å². The van der Waals surface area contributed by atoms with Gasteiger partial charge in [0.25, 0.3) is 0 Å². The number of carbonyl (C=O) groups excluding carboxylic acids is 3. The van der Waals surface area contributed by atoms with Gasteiger partial charge in [-0.15, -0.1) is 35.5 Å². The van der Waals surface area contributed by atoms with E-state index in [-0.39, 0.29) is 31.1 Å². The summed E-state index contributed by atoms with van der Waals surface area (Å²) in [5, 5.41) is 0. The van der Waals surface area contributed by atoms with Crippen LogP contribution in [0.5, 0.6) is 0 Å². The molecule has 0 aliphatic rings. The van der Waals surface area contributed by atoms with Crippen molar-refractivity contribution in [3.8, 4) is 35.5 Å². The van der Waals surface area contributed by atoms with Crippen molar-refractivity contribution in [2.75, 3.05) is 13.2 Å². The largest absolute Gasteiger partial charge is 0.462 e. The van der Waals surface area contributed by atoms with Crippen LogP contribution in [-0.4, -0.2) is 37.2 Å². The van der Waals surface area contributed by atoms with Gasteiger partial charge in [0.05, 0.1) is 0 Å². The van der Waals surface area contributed by atoms with E-state index in [1.807, 2.05) is 0 Å². The molecule has 63 heavy (non-hydrogen) atoms. The Kier molecular flexibility index (Phi) is 49.3. The molecule has 6 heteroatoms. The van der Waals surface area contributed by atoms with Gasteiger partial charge in [-0.25, -0.2) is 0 Å². The van der Waals surface area contributed by atoms with E-state index < -0.39 is 6.10 Å². The van der Waals surface area contributed by atoms with E-state index in [1.165, 1.54) is 116 Å². The second-order valence-corrected chi connectivity index (χ2v) is 17.9. The molecule has 0 fully saturated rings. The van der Waals surface area contributed by atoms with Crippen molar-refractivity contribution in [2.24, 2.45) is 0 Å². The Hall–Kier alpha value is -2.91. The number of esters is 3. The summed E-state index contributed by atoms with van der Waals surface area (Å²) in [5.41, 5.74) is 0. The lowest BCUT2D eigenvalue weighted by atomic mass is 10.1. The fourth-order valence-corrected chi connectivity index (χ4v) is 7.43. The second-order valence-electron chi connectivity index (χ2n) is 17.9. The van der Waals surface area contributed by atoms with Gasteiger partial charge < -0.3 is 14.2 Å². The average molecular weight is 879 g/mol. The molecule has 0 aromatic rings. The molecule has 0 saturated carbocycles. The number of hydrogen-bond acceptors (Lipinski definition) is 6. The highest BCUT2D eigenvalue weighted by atomic mass is 16.6. The van der Waals surface area contributed by atoms with Crippen LogP contribution in [0.2, 0.25) is 0 Å². The summed E-state index contributed by atoms with van der Waals surface area (Å²) in [4.78, 5) is 38.0. The van der Waals surface area contributed by atoms with E-state index in [9.17, 15) is 14.4 Å². The highest BCUT2D eigenvalue weighted by Crippen LogP contribution is 2.13. The lowest BCUT2D eigenvalue weighted by molar-refractivity contribution is -0.167. The van der Waals surface area contributed by atoms with Gasteiger partial charge in [0.1, 0.15) is 13.2 Å². The molecule has 0 bridgehead atoms. The van der Waals surface area contributed by atoms with Gasteiger partial charge >= 0.3 is 17.9 Å². The van der Waals surface area contributed by atoms with E-state index in [0.29, 0.717) is 19.3 Å². The Morgan fingerprint density at radius 3 is 0.794 bits per heavy atom. The molecule has 6 nitrogen and oxygen atoms in total. The third-order valence-corrected chi connectivity index (χ3v) is 11.5. The Morgan fingerprint density at radius 1 is 0.302 bits per heavy atom. The zero-order valence-electron chi connectivity index (χ0n) is 41.6. The van der Waals surface area contributed by atoms with Crippen LogP contribution in [0.15, 0.2) is 0 Å². The number of hydrogen-bond donors (Lipinski definition) is 0. The quantitative estimate of drug-likeness (QED) is 0.0263. The van der Waals surface area contributed by atoms with Gasteiger partial charge in [0, 0.05) is 57.8 Å². The lowest BCUT2D eigenvalue weighted by Gasteiger charge is -2.18. The third kappa shape index (κ3) is 50.0. The van der Waals surface area contributed by atoms with Crippen molar-refractivity contribution >= 4 is 17.9 Å². The number of unbranched alkanes of at least 4 members (excludes halogenated alkanes) is 33. The zero-order valence-corrected chi connectivity index (χ0v) is 41.6. The van der Waals surface area contributed by atoms with Crippen LogP contribution >= 0.6 is 0 Å². The molecule has 0 N–H and O–H groups in total. The molecule has 0 aliphatic heterocycles. The van der Waals surface area contributed by atoms with Crippen molar-refractivity contribution in [3.05, 3.63) is 0 Å². The third-order valence-electron chi connectivity index (χ3n) is 11.5. The molecular formula is C57H98O6. The molecule has 0 aromatic heterocycles. The van der Waals surface area contributed by atoms with Crippen molar-refractivity contribution in [1.29, 1.82) is 0 Å². The molecule has 0 spiro atoms. The maximum atomic E-state index is 12.8. The number of ether oxygens (including phenoxy) is 3. The molecule has 362 valence electrons. The van der Waals surface area contributed by atoms with Crippen molar-refractivity contribution in [3.63, 3.8) is 0 Å². The Bertz CT molecular complexity index is 1160. The number of rotatable bonds is 44. The molecule has 0 saturated heterocycles. The Balaban J connectivity index is 4.43. The van der Waals surface area contributed by atoms with Crippen molar-refractivity contribution in [1.82, 2.24) is 0 Å². The fourth-order valence-electron chi connectivity index (χ4n) is 7.43. The average Bonchev–Trinajstić information content (AvgIpc) is 3.28. The molecule has 0 amide bonds. The maximum Gasteiger partial charge on any atom is 0.306 e. The highest BCUT2D eigenvalue weighted by Gasteiger charge is 2.19. The lowest BCUT2D eigenvalue weighted by Crippen LogP contribution is -2.30. The molecular weight excluding hydrogens is 781 g/mol. The fraction of sp³-hybridized carbons (Fsp3) is 0.842. The summed E-state index contributed by atoms with van der Waals surface area (Å²) in [6, 6.07) is 0. The van der Waals surface area contributed by atoms with E-state index >= 15 is 0 Å². The van der Waals surface area contributed by atoms with Crippen LogP contribution in [0.4, 0.5) is 0 Å². The molecule has 0 unspecified atom stereocenters. The summed E-state index contributed by atoms with van der Waals surface area (Å²) in [6.07, 6.45) is 44.5. The van der Waals surface area contributed by atoms with Gasteiger partial charge in [-0.05, 0) is 57.8 Å². The predicted octanol–water partition coefficient (Wildman–Crippen LogP) is 16.4. The molecule has 0 aromatic carbocycles. The van der Waals surface area contributed by atoms with E-state index in [4.69, 9.17) is 14.2 Å². The Morgan fingerprint density at radius 2 is 0.524 bits per heavy atom. The first-order valence-corrected chi connectivity index (χ1v) is 26.9. The zero-order chi connectivity index (χ0) is 45.8. The van der Waals surface area contributed by atoms with Crippen LogP contribution in [0.1, 0.15) is 290 Å². The normalized spacial score (nSPS) is 10.7. The standard InChI is InChI=1S/C57H98O6/c1-4-7-10-13-16-19-22-25-28-31-34-37-40-43-46-49-55(58)61-52-54(63-57(60)51-48-45-42-39-36-33-30-27-24-21-18-15-12-9-6-3)53-62-56(59)50-47-44-41-38-35-32-29-26-23-20-17-14-11-8-5-2/h54H,4-24,31-53H2,1-3H3. The summed E-state index contributed by atoms with van der Waals surface area (Å²) in [7, 11) is 0. The van der Waals surface area contributed by atoms with Gasteiger partial charge in [-0.3, -0.25) is 14.4 Å². The molecule has 0 radical (unpaired) electrons. The van der Waals surface area contributed by atoms with Crippen molar-refractivity contribution in [2.45, 2.75) is 297 Å². The predicted molar refractivity (Wildman–Crippen MR) is 266 cm³/mol. The van der Waals surface area contributed by atoms with E-state index in [2.05, 4.69) is 56.3 Å². The first kappa shape index (κ1) is 60.1. The minimum absolute atomic E-state index is 0.100. The van der Waals surface area contributed by atoms with Crippen LogP contribution in [0, 0.1) is 35.5 Å². The first-order chi connectivity index (χ1) is 31.0. The SMILES string of the molecule is CCCCCCCCC#CCCCCCCCC(=O)OCC(COC(=O)CCCCCCCC#CCCCCCCCC)OC(=O)CCCCCCCC#CCCCCCCCC. The minimum Gasteiger partial charge on any atom is -0.462 e. The topological polar surface area (TPSA) is 78.9 Å². The Labute approximate surface area is 390 Å². The first-order valence-electron chi connectivity index (χ1n) is 26.9. The number of carbonyl (C=O) groups is 3. The van der Waals surface area contributed by atoms with E-state index in [0.717, 1.165) is 135 Å². The van der Waals surface area contributed by atoms with Gasteiger partial charge in [0.2, 0.25) is 0 Å². The van der Waals surface area contributed by atoms with Crippen LogP contribution in [-0.2, 0) is 28.6 Å². The van der Waals surface area contributed by atoms with Crippen LogP contribution in [0.25, 0.3) is 0 Å². The van der Waals surface area contributed by atoms with Crippen molar-refractivity contribution < 1.29 is 28.6 Å². The molecule has 0 atom stereocenters. The maximum absolute atomic E-state index is 12.8. The van der Waals surface area contributed by atoms with Gasteiger partial charge in [-0.1, -0.05) is 175 Å². The summed E-state index contributed by atoms with van der Waals surface area (Å²) in [6.45, 7) is 6.55. The summed E-state index contributed by atoms with van der Waals surface area (Å²) in [5.74, 6) is 19.0. The van der Waals surface area contributed by atoms with Crippen LogP contribution < -0.4 is 0 Å². The molecule has 0 heterocycles. The smallest absolute Gasteiger partial charge is 0.306 e. The highest BCUT2D eigenvalue weighted by molar-refractivity contribution is 5.71. The minimum atomic E-state index is -0.801. The van der Waals surface area contributed by atoms with Gasteiger partial charge in [-0.2, -0.15) is 0 Å². The molecule has 0 rings (SSSR count). The molecule has 0 aliphatic carbocycles. The summed E-state index contributed by atoms with van der Waals surface area (Å²) >= 11 is 0. The van der Waals surface area contributed by atoms with E-state index in [1.54, 1.807) is 0 Å². The summed E-state index contributed by atoms with van der Waals surface area (Å²) < 4.78 is 16.8. The second kappa shape index (κ2) is 51.7.